The fourth-order valence-electron chi connectivity index (χ4n) is 12.4. The van der Waals surface area contributed by atoms with E-state index in [9.17, 15) is 43.2 Å². The summed E-state index contributed by atoms with van der Waals surface area (Å²) in [4.78, 5) is 110. The molecule has 5 N–H and O–H groups in total. The van der Waals surface area contributed by atoms with E-state index in [4.69, 9.17) is 41.8 Å². The van der Waals surface area contributed by atoms with Crippen LogP contribution in [-0.4, -0.2) is 152 Å². The van der Waals surface area contributed by atoms with Crippen LogP contribution in [0.1, 0.15) is 139 Å². The minimum Gasteiger partial charge on any atom is -0.481 e. The number of hydrogen-bond donors (Lipinski definition) is 4. The van der Waals surface area contributed by atoms with Gasteiger partial charge in [0.25, 0.3) is 0 Å². The maximum atomic E-state index is 12.3. The Morgan fingerprint density at radius 2 is 0.900 bits per heavy atom. The largest absolute Gasteiger partial charge is 0.481 e. The Hall–Kier alpha value is -10.5. The lowest BCUT2D eigenvalue weighted by Gasteiger charge is -2.25. The van der Waals surface area contributed by atoms with Crippen molar-refractivity contribution < 1.29 is 77.0 Å². The number of halogens is 1. The highest BCUT2D eigenvalue weighted by Crippen LogP contribution is 2.32. The van der Waals surface area contributed by atoms with Crippen molar-refractivity contribution in [2.45, 2.75) is 118 Å². The quantitative estimate of drug-likeness (QED) is 0.0313. The molecule has 0 unspecified atom stereocenters. The molecule has 22 nitrogen and oxygen atoms in total. The molecule has 5 aliphatic heterocycles. The van der Waals surface area contributed by atoms with Crippen molar-refractivity contribution in [1.82, 2.24) is 20.0 Å². The molecule has 2 amide bonds. The average Bonchev–Trinajstić information content (AvgIpc) is 1.69. The first kappa shape index (κ1) is 91.9. The van der Waals surface area contributed by atoms with E-state index in [0.717, 1.165) is 73.4 Å². The molecule has 5 heterocycles. The number of aliphatic carboxylic acids is 2. The molecule has 5 fully saturated rings. The van der Waals surface area contributed by atoms with Gasteiger partial charge in [-0.15, -0.1) is 0 Å². The number of hydrogen-bond acceptors (Lipinski definition) is 18. The van der Waals surface area contributed by atoms with Crippen LogP contribution >= 0.6 is 11.6 Å². The summed E-state index contributed by atoms with van der Waals surface area (Å²) in [5.74, 6) is -4.19. The number of nitrogens with two attached hydrogens (primary N) is 1. The predicted octanol–water partition coefficient (Wildman–Crippen LogP) is 14.1. The van der Waals surface area contributed by atoms with Crippen LogP contribution in [0.5, 0.6) is 0 Å². The Morgan fingerprint density at radius 1 is 0.491 bits per heavy atom. The molecule has 5 saturated heterocycles. The number of ether oxygens (including phenoxy) is 5. The van der Waals surface area contributed by atoms with Gasteiger partial charge in [0.05, 0.1) is 69.4 Å². The van der Waals surface area contributed by atoms with Crippen LogP contribution in [0.15, 0.2) is 218 Å². The number of anilines is 1. The van der Waals surface area contributed by atoms with Crippen LogP contribution in [0.4, 0.5) is 5.69 Å². The molecule has 0 bridgehead atoms. The number of carbonyl (C=O) groups excluding carboxylic acids is 7. The van der Waals surface area contributed by atoms with Gasteiger partial charge in [-0.2, -0.15) is 0 Å². The van der Waals surface area contributed by atoms with Crippen molar-refractivity contribution >= 4 is 70.9 Å². The Bertz CT molecular complexity index is 3930. The molecule has 7 aromatic carbocycles. The van der Waals surface area contributed by atoms with Gasteiger partial charge in [-0.25, -0.2) is 4.79 Å². The second-order valence-corrected chi connectivity index (χ2v) is 27.1. The molecule has 0 aromatic heterocycles. The Balaban J connectivity index is 0.000000279. The predicted molar refractivity (Wildman–Crippen MR) is 427 cm³/mol. The molecule has 5 aliphatic rings. The van der Waals surface area contributed by atoms with Crippen molar-refractivity contribution in [2.24, 2.45) is 35.3 Å². The van der Waals surface area contributed by atoms with Gasteiger partial charge in [0.15, 0.2) is 0 Å². The lowest BCUT2D eigenvalue weighted by Crippen LogP contribution is -2.29. The van der Waals surface area contributed by atoms with Crippen molar-refractivity contribution in [3.8, 4) is 0 Å². The van der Waals surface area contributed by atoms with Crippen LogP contribution in [0, 0.1) is 29.6 Å². The Morgan fingerprint density at radius 3 is 1.27 bits per heavy atom. The summed E-state index contributed by atoms with van der Waals surface area (Å²) < 4.78 is 24.2. The van der Waals surface area contributed by atoms with Gasteiger partial charge >= 0.3 is 41.8 Å². The van der Waals surface area contributed by atoms with E-state index in [0.29, 0.717) is 43.9 Å². The maximum absolute atomic E-state index is 12.3. The van der Waals surface area contributed by atoms with Crippen molar-refractivity contribution in [3.05, 3.63) is 257 Å². The molecule has 0 spiro atoms. The molecule has 7 aromatic rings. The van der Waals surface area contributed by atoms with Gasteiger partial charge in [0.1, 0.15) is 13.2 Å². The van der Waals surface area contributed by atoms with Gasteiger partial charge < -0.3 is 59.6 Å². The SMILES string of the molecule is C.C.C=C(CC(=O)OC)C(=O)OC.COC(=O)[C@@H]1CC(=O)N([C@H](C)c2ccccc2)C1.C[C@@H](N)c1ccccc1.C[C@H](c1ccccc1)N1CC[C@@H](C(=O)OCc2ccccc2)C1.C[C@H](c1ccccc1)N1C[C@H](C(=O)OCc2ccccc2)CC1=O.O=C(O)[C@@H]1CCN(c2ccc(Cl)cc2)C1.O=C(O)[C@@H]1CCNC1. The Labute approximate surface area is 653 Å². The summed E-state index contributed by atoms with van der Waals surface area (Å²) >= 11 is 5.78. The number of benzene rings is 7. The summed E-state index contributed by atoms with van der Waals surface area (Å²) in [5.41, 5.74) is 13.4. The number of amides is 2. The van der Waals surface area contributed by atoms with E-state index in [-0.39, 0.29) is 124 Å². The molecule has 110 heavy (non-hydrogen) atoms. The fourth-order valence-corrected chi connectivity index (χ4v) is 12.5. The number of carboxylic acids is 2. The highest BCUT2D eigenvalue weighted by Gasteiger charge is 2.40. The van der Waals surface area contributed by atoms with Crippen LogP contribution in [-0.2, 0) is 80.0 Å². The van der Waals surface area contributed by atoms with Crippen molar-refractivity contribution in [1.29, 1.82) is 0 Å². The van der Waals surface area contributed by atoms with Gasteiger partial charge in [0, 0.05) is 80.5 Å². The number of rotatable bonds is 20. The van der Waals surface area contributed by atoms with E-state index in [2.05, 4.69) is 62.4 Å². The lowest BCUT2D eigenvalue weighted by molar-refractivity contribution is -0.150. The number of likely N-dealkylation sites (tertiary alicyclic amines) is 3. The molecule has 0 aliphatic carbocycles. The molecule has 12 rings (SSSR count). The van der Waals surface area contributed by atoms with Gasteiger partial charge in [0.2, 0.25) is 11.8 Å². The second kappa shape index (κ2) is 48.8. The maximum Gasteiger partial charge on any atom is 0.333 e. The third-order valence-electron chi connectivity index (χ3n) is 19.0. The first-order chi connectivity index (χ1) is 51.9. The lowest BCUT2D eigenvalue weighted by atomic mass is 10.1. The molecule has 0 saturated carbocycles. The van der Waals surface area contributed by atoms with Crippen molar-refractivity contribution in [3.63, 3.8) is 0 Å². The Kier molecular flexibility index (Phi) is 40.8. The van der Waals surface area contributed by atoms with E-state index < -0.39 is 23.9 Å². The van der Waals surface area contributed by atoms with Gasteiger partial charge in [-0.1, -0.05) is 215 Å². The average molecular weight is 1530 g/mol. The number of carbonyl (C=O) groups is 9. The topological polar surface area (TPSA) is 291 Å². The first-order valence-corrected chi connectivity index (χ1v) is 36.6. The first-order valence-electron chi connectivity index (χ1n) is 36.2. The van der Waals surface area contributed by atoms with E-state index in [1.165, 1.54) is 32.5 Å². The van der Waals surface area contributed by atoms with Crippen molar-refractivity contribution in [2.75, 3.05) is 78.6 Å². The zero-order valence-corrected chi connectivity index (χ0v) is 63.5. The number of esters is 5. The van der Waals surface area contributed by atoms with Gasteiger partial charge in [-0.05, 0) is 118 Å². The molecule has 23 heteroatoms. The zero-order chi connectivity index (χ0) is 78.5. The highest BCUT2D eigenvalue weighted by molar-refractivity contribution is 6.30. The molecule has 592 valence electrons. The minimum atomic E-state index is -0.702. The number of methoxy groups -OCH3 is 3. The van der Waals surface area contributed by atoms with Crippen LogP contribution < -0.4 is 16.0 Å². The van der Waals surface area contributed by atoms with E-state index in [1.54, 1.807) is 9.80 Å². The van der Waals surface area contributed by atoms with Gasteiger partial charge in [-0.3, -0.25) is 43.3 Å². The molecule has 9 atom stereocenters. The summed E-state index contributed by atoms with van der Waals surface area (Å²) in [6.07, 6.45) is 2.75. The summed E-state index contributed by atoms with van der Waals surface area (Å²) in [6, 6.07) is 67.5. The number of carboxylic acid groups (broad SMARTS) is 2. The second-order valence-electron chi connectivity index (χ2n) is 26.7. The molecular weight excluding hydrogens is 1420 g/mol. The zero-order valence-electron chi connectivity index (χ0n) is 62.7. The molecule has 0 radical (unpaired) electrons. The van der Waals surface area contributed by atoms with Crippen LogP contribution in [0.25, 0.3) is 0 Å². The van der Waals surface area contributed by atoms with E-state index in [1.807, 2.05) is 203 Å². The third kappa shape index (κ3) is 30.5. The normalized spacial score (nSPS) is 18.3. The number of nitrogens with zero attached hydrogens (tertiary/aromatic N) is 4. The summed E-state index contributed by atoms with van der Waals surface area (Å²) in [7, 11) is 3.83. The summed E-state index contributed by atoms with van der Waals surface area (Å²) in [5, 5.41) is 20.9. The van der Waals surface area contributed by atoms with E-state index >= 15 is 0 Å². The van der Waals surface area contributed by atoms with Crippen LogP contribution in [0.3, 0.4) is 0 Å². The smallest absolute Gasteiger partial charge is 0.333 e. The monoisotopic (exact) mass is 1530 g/mol. The summed E-state index contributed by atoms with van der Waals surface area (Å²) in [6.45, 7) is 17.6. The molecular formula is C87H111ClN6O16. The minimum absolute atomic E-state index is 0. The van der Waals surface area contributed by atoms with Crippen LogP contribution in [0.2, 0.25) is 5.02 Å². The number of nitrogens with one attached hydrogen (secondary N) is 1. The standard InChI is InChI=1S/C20H21NO3.C20H23NO2.C14H17NO3.C11H12ClNO2.C8H11N.C7H10O4.C5H9NO2.2CH4/c1-15(17-10-6-3-7-11-17)21-13-18(12-19(21)22)20(23)24-14-16-8-4-2-5-9-16;1-16(18-10-6-3-7-11-18)21-13-12-19(14-21)20(22)23-15-17-8-4-2-5-9-17;1-10(11-6-4-3-5-7-11)15-9-12(8-13(15)16)14(17)18-2;12-9-1-3-10(4-2-9)13-6-5-8(7-13)11(14)15;1-7(9)8-5-3-2-4-6-8;1-5(7(9)11-3)4-6(8)10-2;7-5(8)4-1-2-6-3-4;;/h2-11,15,18H,12-14H2,1H3;2-11,16,19H,12-15H2,1H3;3-7,10,12H,8-9H2,1-2H3;1-4,8H,5-7H2,(H,14,15);2-7H,9H2,1H3;1,4H2,2-3H3;4,6H,1-3H2,(H,7,8);2*1H4/t15-,18-;16-,19-;10-,12-;8-;7-;;4-;;/m11111.1../s1. The fraction of sp³-hybridized carbons (Fsp3) is 0.391. The third-order valence-corrected chi connectivity index (χ3v) is 19.3. The highest BCUT2D eigenvalue weighted by atomic mass is 35.5.